The van der Waals surface area contributed by atoms with Crippen molar-refractivity contribution in [1.82, 2.24) is 10.0 Å². The zero-order chi connectivity index (χ0) is 18.4. The van der Waals surface area contributed by atoms with Crippen molar-refractivity contribution in [3.05, 3.63) is 65.7 Å². The molecule has 1 N–H and O–H groups in total. The fourth-order valence-corrected chi connectivity index (χ4v) is 3.02. The fraction of sp³-hybridized carbons (Fsp3) is 0.250. The molecule has 1 fully saturated rings. The molecule has 1 aliphatic heterocycles. The van der Waals surface area contributed by atoms with Gasteiger partial charge in [0.15, 0.2) is 6.19 Å². The zero-order valence-corrected chi connectivity index (χ0v) is 14.3. The van der Waals surface area contributed by atoms with Crippen LogP contribution in [0.2, 0.25) is 0 Å². The Hall–Kier alpha value is -3.51. The second-order valence-corrected chi connectivity index (χ2v) is 6.11. The van der Waals surface area contributed by atoms with Gasteiger partial charge in [0.1, 0.15) is 6.04 Å². The van der Waals surface area contributed by atoms with Crippen LogP contribution in [-0.2, 0) is 11.2 Å². The van der Waals surface area contributed by atoms with Gasteiger partial charge in [0.05, 0.1) is 18.2 Å². The summed E-state index contributed by atoms with van der Waals surface area (Å²) in [5, 5.41) is 24.4. The van der Waals surface area contributed by atoms with Crippen molar-refractivity contribution >= 4 is 11.6 Å². The molecular formula is C20H19N5O. The van der Waals surface area contributed by atoms with Gasteiger partial charge in [-0.05, 0) is 36.2 Å². The molecule has 1 unspecified atom stereocenters. The minimum Gasteiger partial charge on any atom is -0.373 e. The lowest BCUT2D eigenvalue weighted by Crippen LogP contribution is -2.47. The summed E-state index contributed by atoms with van der Waals surface area (Å²) in [6.45, 7) is 1.11. The summed E-state index contributed by atoms with van der Waals surface area (Å²) in [7, 11) is 0. The number of carbonyl (C=O) groups excluding carboxylic acids is 1. The molecule has 0 radical (unpaired) electrons. The van der Waals surface area contributed by atoms with Crippen molar-refractivity contribution in [1.29, 1.82) is 10.5 Å². The summed E-state index contributed by atoms with van der Waals surface area (Å²) < 4.78 is 0. The van der Waals surface area contributed by atoms with Gasteiger partial charge in [0.25, 0.3) is 5.91 Å². The summed E-state index contributed by atoms with van der Waals surface area (Å²) in [4.78, 5) is 13.1. The quantitative estimate of drug-likeness (QED) is 0.842. The molecule has 1 amide bonds. The highest BCUT2D eigenvalue weighted by Crippen LogP contribution is 2.17. The predicted octanol–water partition coefficient (Wildman–Crippen LogP) is 2.51. The minimum absolute atomic E-state index is 0.128. The summed E-state index contributed by atoms with van der Waals surface area (Å²) in [6.07, 6.45) is 3.36. The monoisotopic (exact) mass is 345 g/mol. The van der Waals surface area contributed by atoms with E-state index in [4.69, 9.17) is 5.26 Å². The number of nitrogens with zero attached hydrogens (tertiary/aromatic N) is 4. The van der Waals surface area contributed by atoms with Gasteiger partial charge in [-0.3, -0.25) is 4.79 Å². The normalized spacial score (nSPS) is 14.4. The predicted molar refractivity (Wildman–Crippen MR) is 97.4 cm³/mol. The molecular weight excluding hydrogens is 326 g/mol. The van der Waals surface area contributed by atoms with E-state index in [0.29, 0.717) is 25.1 Å². The second-order valence-electron chi connectivity index (χ2n) is 6.11. The van der Waals surface area contributed by atoms with Crippen LogP contribution in [0.1, 0.15) is 17.5 Å². The number of carbonyl (C=O) groups is 1. The molecule has 6 heteroatoms. The lowest BCUT2D eigenvalue weighted by atomic mass is 10.0. The number of benzene rings is 2. The number of nitrogens with one attached hydrogen (secondary N) is 1. The van der Waals surface area contributed by atoms with E-state index in [9.17, 15) is 10.1 Å². The Kier molecular flexibility index (Phi) is 5.36. The Morgan fingerprint density at radius 3 is 2.46 bits per heavy atom. The number of hydrogen-bond donors (Lipinski definition) is 1. The topological polar surface area (TPSA) is 83.2 Å². The van der Waals surface area contributed by atoms with E-state index in [1.54, 1.807) is 24.3 Å². The number of nitriles is 2. The van der Waals surface area contributed by atoms with E-state index < -0.39 is 6.04 Å². The third kappa shape index (κ3) is 3.93. The van der Waals surface area contributed by atoms with Gasteiger partial charge >= 0.3 is 0 Å². The molecule has 0 aromatic heterocycles. The van der Waals surface area contributed by atoms with Crippen LogP contribution in [0.4, 0.5) is 5.69 Å². The Balaban J connectivity index is 1.82. The number of anilines is 1. The van der Waals surface area contributed by atoms with Gasteiger partial charge in [0.2, 0.25) is 0 Å². The molecule has 0 saturated carbocycles. The summed E-state index contributed by atoms with van der Waals surface area (Å²) >= 11 is 0. The van der Waals surface area contributed by atoms with Gasteiger partial charge < -0.3 is 5.32 Å². The van der Waals surface area contributed by atoms with Crippen molar-refractivity contribution in [2.75, 3.05) is 18.4 Å². The molecule has 0 bridgehead atoms. The summed E-state index contributed by atoms with van der Waals surface area (Å²) in [5.41, 5.74) is 2.37. The molecule has 130 valence electrons. The van der Waals surface area contributed by atoms with E-state index in [-0.39, 0.29) is 5.91 Å². The molecule has 1 atom stereocenters. The first-order chi connectivity index (χ1) is 12.7. The highest BCUT2D eigenvalue weighted by atomic mass is 16.2. The third-order valence-electron chi connectivity index (χ3n) is 4.34. The van der Waals surface area contributed by atoms with E-state index >= 15 is 0 Å². The van der Waals surface area contributed by atoms with Crippen LogP contribution in [0.15, 0.2) is 54.6 Å². The Bertz CT molecular complexity index is 835. The lowest BCUT2D eigenvalue weighted by Gasteiger charge is -2.28. The maximum Gasteiger partial charge on any atom is 0.264 e. The van der Waals surface area contributed by atoms with Gasteiger partial charge in [0, 0.05) is 18.7 Å². The van der Waals surface area contributed by atoms with Crippen molar-refractivity contribution < 1.29 is 4.79 Å². The molecule has 3 rings (SSSR count). The highest BCUT2D eigenvalue weighted by Gasteiger charge is 2.31. The molecule has 6 nitrogen and oxygen atoms in total. The lowest BCUT2D eigenvalue weighted by molar-refractivity contribution is -0.140. The molecule has 0 spiro atoms. The van der Waals surface area contributed by atoms with Gasteiger partial charge in [-0.1, -0.05) is 30.3 Å². The SMILES string of the molecule is N#Cc1ccc(NC(Cc2ccccc2)C(=O)N2CCCN2C#N)cc1. The molecule has 26 heavy (non-hydrogen) atoms. The van der Waals surface area contributed by atoms with Crippen LogP contribution in [0.5, 0.6) is 0 Å². The average Bonchev–Trinajstić information content (AvgIpc) is 3.17. The van der Waals surface area contributed by atoms with Gasteiger partial charge in [-0.25, -0.2) is 10.0 Å². The van der Waals surface area contributed by atoms with Crippen LogP contribution in [0.25, 0.3) is 0 Å². The van der Waals surface area contributed by atoms with Crippen LogP contribution in [0.3, 0.4) is 0 Å². The Labute approximate surface area is 152 Å². The van der Waals surface area contributed by atoms with Crippen LogP contribution < -0.4 is 5.32 Å². The maximum absolute atomic E-state index is 13.1. The first-order valence-corrected chi connectivity index (χ1v) is 8.50. The number of hydrogen-bond acceptors (Lipinski definition) is 5. The Morgan fingerprint density at radius 2 is 1.81 bits per heavy atom. The smallest absolute Gasteiger partial charge is 0.264 e. The molecule has 2 aromatic carbocycles. The van der Waals surface area contributed by atoms with Crippen molar-refractivity contribution in [3.8, 4) is 12.3 Å². The van der Waals surface area contributed by atoms with Crippen LogP contribution in [0, 0.1) is 22.8 Å². The van der Waals surface area contributed by atoms with Gasteiger partial charge in [-0.15, -0.1) is 0 Å². The second kappa shape index (κ2) is 8.04. The number of rotatable bonds is 5. The van der Waals surface area contributed by atoms with Crippen molar-refractivity contribution in [2.45, 2.75) is 18.9 Å². The summed E-state index contributed by atoms with van der Waals surface area (Å²) in [5.74, 6) is -0.128. The van der Waals surface area contributed by atoms with E-state index in [0.717, 1.165) is 17.7 Å². The standard InChI is InChI=1S/C20H19N5O/c21-14-17-7-9-18(10-8-17)23-19(13-16-5-2-1-3-6-16)20(26)25-12-4-11-24(25)15-22/h1-3,5-10,19,23H,4,11-13H2. The molecule has 2 aromatic rings. The molecule has 1 heterocycles. The minimum atomic E-state index is -0.501. The number of hydrazine groups is 1. The van der Waals surface area contributed by atoms with Crippen molar-refractivity contribution in [3.63, 3.8) is 0 Å². The third-order valence-corrected chi connectivity index (χ3v) is 4.34. The highest BCUT2D eigenvalue weighted by molar-refractivity contribution is 5.85. The number of amides is 1. The molecule has 0 aliphatic carbocycles. The fourth-order valence-electron chi connectivity index (χ4n) is 3.02. The van der Waals surface area contributed by atoms with Crippen LogP contribution in [-0.4, -0.2) is 35.1 Å². The first kappa shape index (κ1) is 17.3. The molecule has 1 aliphatic rings. The first-order valence-electron chi connectivity index (χ1n) is 8.50. The van der Waals surface area contributed by atoms with E-state index in [1.165, 1.54) is 10.0 Å². The largest absolute Gasteiger partial charge is 0.373 e. The summed E-state index contributed by atoms with van der Waals surface area (Å²) in [6, 6.07) is 18.4. The molecule has 1 saturated heterocycles. The Morgan fingerprint density at radius 1 is 1.08 bits per heavy atom. The van der Waals surface area contributed by atoms with E-state index in [1.807, 2.05) is 30.3 Å². The van der Waals surface area contributed by atoms with Crippen LogP contribution >= 0.6 is 0 Å². The van der Waals surface area contributed by atoms with Crippen molar-refractivity contribution in [2.24, 2.45) is 0 Å². The van der Waals surface area contributed by atoms with E-state index in [2.05, 4.69) is 17.6 Å². The van der Waals surface area contributed by atoms with Gasteiger partial charge in [-0.2, -0.15) is 10.5 Å². The maximum atomic E-state index is 13.1. The zero-order valence-electron chi connectivity index (χ0n) is 14.3. The average molecular weight is 345 g/mol.